The summed E-state index contributed by atoms with van der Waals surface area (Å²) in [6, 6.07) is 0.784. The molecule has 1 rings (SSSR count). The Morgan fingerprint density at radius 2 is 1.88 bits per heavy atom. The van der Waals surface area contributed by atoms with Gasteiger partial charge in [-0.05, 0) is 0 Å². The number of nitrogens with two attached hydrogens (primary N) is 1. The summed E-state index contributed by atoms with van der Waals surface area (Å²) < 4.78 is 38.3. The number of anilines is 1. The van der Waals surface area contributed by atoms with E-state index in [1.807, 2.05) is 0 Å². The average molecular weight is 250 g/mol. The second-order valence-electron chi connectivity index (χ2n) is 2.71. The van der Waals surface area contributed by atoms with E-state index in [1.165, 1.54) is 0 Å². The fraction of sp³-hybridized carbons (Fsp3) is 0. The molecule has 0 fully saturated rings. The SMILES string of the molecule is N=C(N)N(O[N+](=O)[O-])c1cc(F)c(F)c(F)c1. The minimum Gasteiger partial charge on any atom is -0.368 e. The second-order valence-corrected chi connectivity index (χ2v) is 2.71. The third-order valence-corrected chi connectivity index (χ3v) is 1.57. The maximum atomic E-state index is 12.8. The molecule has 0 bridgehead atoms. The molecule has 0 aromatic heterocycles. The van der Waals surface area contributed by atoms with Gasteiger partial charge in [-0.25, -0.2) is 13.2 Å². The van der Waals surface area contributed by atoms with Crippen LogP contribution in [0.5, 0.6) is 0 Å². The lowest BCUT2D eigenvalue weighted by Crippen LogP contribution is -2.38. The summed E-state index contributed by atoms with van der Waals surface area (Å²) in [7, 11) is 0. The van der Waals surface area contributed by atoms with E-state index >= 15 is 0 Å². The van der Waals surface area contributed by atoms with Crippen LogP contribution in [0.2, 0.25) is 0 Å². The normalized spacial score (nSPS) is 9.82. The Hall–Kier alpha value is -2.52. The van der Waals surface area contributed by atoms with E-state index in [4.69, 9.17) is 11.1 Å². The lowest BCUT2D eigenvalue weighted by molar-refractivity contribution is -0.758. The summed E-state index contributed by atoms with van der Waals surface area (Å²) in [4.78, 5) is 13.9. The molecule has 0 aliphatic heterocycles. The van der Waals surface area contributed by atoms with E-state index in [9.17, 15) is 23.3 Å². The second kappa shape index (κ2) is 4.55. The average Bonchev–Trinajstić information content (AvgIpc) is 2.21. The molecule has 1 aromatic carbocycles. The van der Waals surface area contributed by atoms with Gasteiger partial charge in [-0.1, -0.05) is 0 Å². The van der Waals surface area contributed by atoms with Gasteiger partial charge in [-0.3, -0.25) is 5.41 Å². The first-order valence-corrected chi connectivity index (χ1v) is 3.94. The number of halogens is 3. The summed E-state index contributed by atoms with van der Waals surface area (Å²) in [5.41, 5.74) is 4.26. The largest absolute Gasteiger partial charge is 0.368 e. The van der Waals surface area contributed by atoms with Crippen molar-refractivity contribution < 1.29 is 23.2 Å². The van der Waals surface area contributed by atoms with Crippen LogP contribution in [0.1, 0.15) is 0 Å². The Bertz CT molecular complexity index is 458. The van der Waals surface area contributed by atoms with Crippen LogP contribution in [0.3, 0.4) is 0 Å². The van der Waals surface area contributed by atoms with E-state index < -0.39 is 34.2 Å². The summed E-state index contributed by atoms with van der Waals surface area (Å²) in [5, 5.41) is 15.6. The van der Waals surface area contributed by atoms with Crippen LogP contribution in [0.4, 0.5) is 18.9 Å². The quantitative estimate of drug-likeness (QED) is 0.273. The Labute approximate surface area is 91.8 Å². The zero-order valence-corrected chi connectivity index (χ0v) is 7.99. The topological polar surface area (TPSA) is 105 Å². The minimum absolute atomic E-state index is 0.0194. The van der Waals surface area contributed by atoms with Gasteiger partial charge in [-0.15, -0.1) is 15.2 Å². The van der Waals surface area contributed by atoms with Crippen molar-refractivity contribution in [3.8, 4) is 0 Å². The third-order valence-electron chi connectivity index (χ3n) is 1.57. The molecular formula is C7H5F3N4O3. The summed E-state index contributed by atoms with van der Waals surface area (Å²) in [6.07, 6.45) is 0. The van der Waals surface area contributed by atoms with Gasteiger partial charge in [0.1, 0.15) is 0 Å². The van der Waals surface area contributed by atoms with E-state index in [0.29, 0.717) is 12.1 Å². The Morgan fingerprint density at radius 1 is 1.41 bits per heavy atom. The van der Waals surface area contributed by atoms with Crippen LogP contribution in [-0.4, -0.2) is 11.0 Å². The highest BCUT2D eigenvalue weighted by Crippen LogP contribution is 2.21. The van der Waals surface area contributed by atoms with Crippen LogP contribution in [0.15, 0.2) is 12.1 Å². The summed E-state index contributed by atoms with van der Waals surface area (Å²) in [6.45, 7) is 0. The number of hydrogen-bond donors (Lipinski definition) is 2. The van der Waals surface area contributed by atoms with Gasteiger partial charge in [0, 0.05) is 12.1 Å². The maximum Gasteiger partial charge on any atom is 0.317 e. The molecule has 0 aliphatic rings. The molecule has 0 radical (unpaired) electrons. The van der Waals surface area contributed by atoms with E-state index in [2.05, 4.69) is 4.94 Å². The zero-order valence-electron chi connectivity index (χ0n) is 7.99. The van der Waals surface area contributed by atoms with Crippen molar-refractivity contribution in [2.45, 2.75) is 0 Å². The first kappa shape index (κ1) is 12.5. The van der Waals surface area contributed by atoms with Gasteiger partial charge < -0.3 is 5.73 Å². The van der Waals surface area contributed by atoms with Crippen molar-refractivity contribution in [1.29, 1.82) is 5.41 Å². The highest BCUT2D eigenvalue weighted by molar-refractivity contribution is 5.90. The van der Waals surface area contributed by atoms with Crippen LogP contribution < -0.4 is 10.8 Å². The standard InChI is InChI=1S/C7H5F3N4O3/c8-4-1-3(2-5(9)6(4)10)13(7(11)12)17-14(15)16/h1-2H,(H3,11,12). The van der Waals surface area contributed by atoms with Crippen molar-refractivity contribution in [2.75, 3.05) is 5.06 Å². The fourth-order valence-electron chi connectivity index (χ4n) is 0.956. The van der Waals surface area contributed by atoms with Crippen molar-refractivity contribution in [3.05, 3.63) is 39.7 Å². The molecule has 3 N–H and O–H groups in total. The molecule has 0 heterocycles. The predicted octanol–water partition coefficient (Wildman–Crippen LogP) is 0.927. The predicted molar refractivity (Wildman–Crippen MR) is 48.8 cm³/mol. The molecule has 1 aromatic rings. The smallest absolute Gasteiger partial charge is 0.317 e. The lowest BCUT2D eigenvalue weighted by atomic mass is 10.3. The van der Waals surface area contributed by atoms with Gasteiger partial charge in [0.15, 0.2) is 17.5 Å². The Morgan fingerprint density at radius 3 is 2.24 bits per heavy atom. The summed E-state index contributed by atoms with van der Waals surface area (Å²) in [5.74, 6) is -5.96. The van der Waals surface area contributed by atoms with Crippen LogP contribution in [0.25, 0.3) is 0 Å². The number of guanidine groups is 1. The highest BCUT2D eigenvalue weighted by atomic mass is 19.2. The molecule has 0 atom stereocenters. The zero-order chi connectivity index (χ0) is 13.2. The Kier molecular flexibility index (Phi) is 3.36. The van der Waals surface area contributed by atoms with E-state index in [0.717, 1.165) is 0 Å². The number of nitrogens with zero attached hydrogens (tertiary/aromatic N) is 2. The molecular weight excluding hydrogens is 245 g/mol. The summed E-state index contributed by atoms with van der Waals surface area (Å²) >= 11 is 0. The van der Waals surface area contributed by atoms with Gasteiger partial charge in [-0.2, -0.15) is 4.94 Å². The van der Waals surface area contributed by atoms with Crippen molar-refractivity contribution in [1.82, 2.24) is 0 Å². The molecule has 7 nitrogen and oxygen atoms in total. The number of nitrogens with one attached hydrogen (secondary N) is 1. The minimum atomic E-state index is -1.75. The molecule has 0 unspecified atom stereocenters. The van der Waals surface area contributed by atoms with Crippen molar-refractivity contribution in [3.63, 3.8) is 0 Å². The molecule has 0 saturated heterocycles. The number of hydrogen-bond acceptors (Lipinski definition) is 4. The first-order valence-electron chi connectivity index (χ1n) is 3.94. The van der Waals surface area contributed by atoms with E-state index in [-0.39, 0.29) is 5.06 Å². The first-order chi connectivity index (χ1) is 7.82. The third kappa shape index (κ3) is 2.74. The highest BCUT2D eigenvalue weighted by Gasteiger charge is 2.19. The molecule has 17 heavy (non-hydrogen) atoms. The van der Waals surface area contributed by atoms with Gasteiger partial charge in [0.25, 0.3) is 0 Å². The Balaban J connectivity index is 3.19. The molecule has 0 amide bonds. The number of rotatable bonds is 3. The molecule has 92 valence electrons. The monoisotopic (exact) mass is 250 g/mol. The van der Waals surface area contributed by atoms with Crippen molar-refractivity contribution in [2.24, 2.45) is 5.73 Å². The number of benzene rings is 1. The van der Waals surface area contributed by atoms with Gasteiger partial charge in [0.05, 0.1) is 5.69 Å². The number of hydroxylamine groups is 1. The van der Waals surface area contributed by atoms with Crippen molar-refractivity contribution >= 4 is 11.6 Å². The maximum absolute atomic E-state index is 12.8. The lowest BCUT2D eigenvalue weighted by Gasteiger charge is -2.18. The van der Waals surface area contributed by atoms with Crippen LogP contribution in [-0.2, 0) is 4.94 Å². The van der Waals surface area contributed by atoms with E-state index in [1.54, 1.807) is 0 Å². The molecule has 0 spiro atoms. The molecule has 0 aliphatic carbocycles. The van der Waals surface area contributed by atoms with Crippen LogP contribution >= 0.6 is 0 Å². The van der Waals surface area contributed by atoms with Gasteiger partial charge >= 0.3 is 5.09 Å². The van der Waals surface area contributed by atoms with Gasteiger partial charge in [0.2, 0.25) is 5.96 Å². The van der Waals surface area contributed by atoms with Crippen LogP contribution in [0, 0.1) is 33.0 Å². The molecule has 0 saturated carbocycles. The fourth-order valence-corrected chi connectivity index (χ4v) is 0.956. The molecule has 10 heteroatoms.